The molecule has 0 aliphatic carbocycles. The van der Waals surface area contributed by atoms with Gasteiger partial charge in [0.25, 0.3) is 0 Å². The fraction of sp³-hybridized carbons (Fsp3) is 0.435. The minimum atomic E-state index is 0.0229. The van der Waals surface area contributed by atoms with Gasteiger partial charge in [0.05, 0.1) is 11.3 Å². The van der Waals surface area contributed by atoms with Crippen molar-refractivity contribution < 1.29 is 4.79 Å². The number of aryl methyl sites for hydroxylation is 2. The molecule has 0 radical (unpaired) electrons. The molecule has 1 aliphatic heterocycles. The second-order valence-corrected chi connectivity index (χ2v) is 8.76. The molecule has 1 saturated heterocycles. The summed E-state index contributed by atoms with van der Waals surface area (Å²) >= 11 is 1.74. The number of hydrogen-bond donors (Lipinski definition) is 1. The van der Waals surface area contributed by atoms with Crippen molar-refractivity contribution in [2.24, 2.45) is 5.92 Å². The van der Waals surface area contributed by atoms with Gasteiger partial charge in [0.15, 0.2) is 0 Å². The largest absolute Gasteiger partial charge is 0.356 e. The number of carbonyl (C=O) groups is 1. The maximum Gasteiger partial charge on any atom is 0.224 e. The van der Waals surface area contributed by atoms with Crippen LogP contribution in [0, 0.1) is 5.92 Å². The molecule has 1 amide bonds. The van der Waals surface area contributed by atoms with Crippen LogP contribution in [0.2, 0.25) is 0 Å². The van der Waals surface area contributed by atoms with E-state index in [1.807, 2.05) is 6.07 Å². The van der Waals surface area contributed by atoms with Crippen molar-refractivity contribution in [1.29, 1.82) is 0 Å². The van der Waals surface area contributed by atoms with Gasteiger partial charge in [0.1, 0.15) is 17.0 Å². The summed E-state index contributed by atoms with van der Waals surface area (Å²) in [5.41, 5.74) is 1.32. The average Bonchev–Trinajstić information content (AvgIpc) is 3.21. The smallest absolute Gasteiger partial charge is 0.224 e. The number of piperidine rings is 1. The summed E-state index contributed by atoms with van der Waals surface area (Å²) in [6, 6.07) is 12.6. The quantitative estimate of drug-likeness (QED) is 0.595. The molecule has 152 valence electrons. The Labute approximate surface area is 176 Å². The van der Waals surface area contributed by atoms with E-state index in [1.165, 1.54) is 10.4 Å². The molecule has 1 aliphatic rings. The number of fused-ring (bicyclic) bond motifs is 1. The normalized spacial score (nSPS) is 16.9. The number of aromatic nitrogens is 2. The first kappa shape index (κ1) is 19.8. The van der Waals surface area contributed by atoms with Gasteiger partial charge in [-0.3, -0.25) is 4.79 Å². The Morgan fingerprint density at radius 1 is 1.28 bits per heavy atom. The third kappa shape index (κ3) is 4.75. The third-order valence-corrected chi connectivity index (χ3v) is 6.77. The van der Waals surface area contributed by atoms with Gasteiger partial charge in [-0.2, -0.15) is 0 Å². The minimum absolute atomic E-state index is 0.0229. The lowest BCUT2D eigenvalue weighted by atomic mass is 9.97. The van der Waals surface area contributed by atoms with Crippen molar-refractivity contribution in [2.45, 2.75) is 39.0 Å². The molecule has 0 bridgehead atoms. The van der Waals surface area contributed by atoms with Gasteiger partial charge in [0, 0.05) is 24.5 Å². The summed E-state index contributed by atoms with van der Waals surface area (Å²) in [6.45, 7) is 4.57. The number of amides is 1. The van der Waals surface area contributed by atoms with Gasteiger partial charge in [-0.15, -0.1) is 11.3 Å². The molecule has 1 atom stereocenters. The highest BCUT2D eigenvalue weighted by molar-refractivity contribution is 7.18. The van der Waals surface area contributed by atoms with Crippen molar-refractivity contribution in [2.75, 3.05) is 24.5 Å². The lowest BCUT2D eigenvalue weighted by Crippen LogP contribution is -2.43. The highest BCUT2D eigenvalue weighted by Gasteiger charge is 2.27. The molecule has 5 nitrogen and oxygen atoms in total. The molecule has 1 aromatic carbocycles. The van der Waals surface area contributed by atoms with Crippen LogP contribution in [0.1, 0.15) is 36.6 Å². The zero-order valence-electron chi connectivity index (χ0n) is 16.9. The predicted molar refractivity (Wildman–Crippen MR) is 120 cm³/mol. The van der Waals surface area contributed by atoms with E-state index in [4.69, 9.17) is 0 Å². The Morgan fingerprint density at radius 2 is 2.14 bits per heavy atom. The number of anilines is 1. The Hall–Kier alpha value is -2.47. The van der Waals surface area contributed by atoms with Crippen molar-refractivity contribution >= 4 is 33.3 Å². The number of carbonyl (C=O) groups excluding carboxylic acids is 1. The van der Waals surface area contributed by atoms with Crippen LogP contribution in [-0.2, 0) is 17.6 Å². The Balaban J connectivity index is 1.34. The van der Waals surface area contributed by atoms with Crippen LogP contribution in [0.3, 0.4) is 0 Å². The maximum absolute atomic E-state index is 12.7. The van der Waals surface area contributed by atoms with Crippen molar-refractivity contribution in [3.63, 3.8) is 0 Å². The minimum Gasteiger partial charge on any atom is -0.356 e. The number of hydrogen-bond acceptors (Lipinski definition) is 5. The van der Waals surface area contributed by atoms with Crippen molar-refractivity contribution in [3.8, 4) is 0 Å². The number of thiophene rings is 1. The summed E-state index contributed by atoms with van der Waals surface area (Å²) in [4.78, 5) is 26.4. The van der Waals surface area contributed by atoms with E-state index in [-0.39, 0.29) is 11.8 Å². The number of rotatable bonds is 7. The molecule has 4 rings (SSSR count). The Bertz CT molecular complexity index is 956. The molecular formula is C23H28N4OS. The summed E-state index contributed by atoms with van der Waals surface area (Å²) < 4.78 is 0. The monoisotopic (exact) mass is 408 g/mol. The Morgan fingerprint density at radius 3 is 2.97 bits per heavy atom. The summed E-state index contributed by atoms with van der Waals surface area (Å²) in [5.74, 6) is 1.18. The lowest BCUT2D eigenvalue weighted by Gasteiger charge is -2.33. The number of nitrogens with one attached hydrogen (secondary N) is 1. The van der Waals surface area contributed by atoms with Gasteiger partial charge in [-0.25, -0.2) is 9.97 Å². The SMILES string of the molecule is CCc1cc2c(N3CCCC(C(=O)NCCCc4ccccc4)C3)ncnc2s1. The number of benzene rings is 1. The van der Waals surface area contributed by atoms with Crippen LogP contribution < -0.4 is 10.2 Å². The van der Waals surface area contributed by atoms with Gasteiger partial charge in [-0.05, 0) is 43.7 Å². The second kappa shape index (κ2) is 9.35. The van der Waals surface area contributed by atoms with Crippen molar-refractivity contribution in [1.82, 2.24) is 15.3 Å². The topological polar surface area (TPSA) is 58.1 Å². The molecule has 1 N–H and O–H groups in total. The first-order chi connectivity index (χ1) is 14.2. The van der Waals surface area contributed by atoms with Crippen LogP contribution in [0.15, 0.2) is 42.7 Å². The molecule has 0 spiro atoms. The van der Waals surface area contributed by atoms with Crippen LogP contribution in [-0.4, -0.2) is 35.5 Å². The molecule has 3 aromatic rings. The molecule has 3 heterocycles. The molecular weight excluding hydrogens is 380 g/mol. The van der Waals surface area contributed by atoms with Gasteiger partial charge in [-0.1, -0.05) is 37.3 Å². The first-order valence-electron chi connectivity index (χ1n) is 10.5. The summed E-state index contributed by atoms with van der Waals surface area (Å²) in [7, 11) is 0. The second-order valence-electron chi connectivity index (χ2n) is 7.65. The fourth-order valence-corrected chi connectivity index (χ4v) is 4.93. The van der Waals surface area contributed by atoms with Gasteiger partial charge >= 0.3 is 0 Å². The lowest BCUT2D eigenvalue weighted by molar-refractivity contribution is -0.125. The van der Waals surface area contributed by atoms with Crippen molar-refractivity contribution in [3.05, 3.63) is 53.2 Å². The van der Waals surface area contributed by atoms with Crippen LogP contribution in [0.5, 0.6) is 0 Å². The zero-order valence-corrected chi connectivity index (χ0v) is 17.8. The van der Waals surface area contributed by atoms with E-state index in [1.54, 1.807) is 17.7 Å². The van der Waals surface area contributed by atoms with E-state index in [0.29, 0.717) is 0 Å². The number of nitrogens with zero attached hydrogens (tertiary/aromatic N) is 3. The Kier molecular flexibility index (Phi) is 6.39. The van der Waals surface area contributed by atoms with E-state index >= 15 is 0 Å². The molecule has 1 fully saturated rings. The fourth-order valence-electron chi connectivity index (χ4n) is 4.00. The first-order valence-corrected chi connectivity index (χ1v) is 11.4. The molecule has 0 saturated carbocycles. The van der Waals surface area contributed by atoms with Crippen LogP contribution >= 0.6 is 11.3 Å². The molecule has 2 aromatic heterocycles. The third-order valence-electron chi connectivity index (χ3n) is 5.58. The van der Waals surface area contributed by atoms with Gasteiger partial charge in [0.2, 0.25) is 5.91 Å². The molecule has 6 heteroatoms. The van der Waals surface area contributed by atoms with E-state index in [0.717, 1.165) is 67.8 Å². The summed E-state index contributed by atoms with van der Waals surface area (Å²) in [6.07, 6.45) is 6.58. The maximum atomic E-state index is 12.7. The highest BCUT2D eigenvalue weighted by Crippen LogP contribution is 2.32. The van der Waals surface area contributed by atoms with E-state index in [2.05, 4.69) is 57.4 Å². The summed E-state index contributed by atoms with van der Waals surface area (Å²) in [5, 5.41) is 4.27. The molecule has 29 heavy (non-hydrogen) atoms. The molecule has 1 unspecified atom stereocenters. The average molecular weight is 409 g/mol. The van der Waals surface area contributed by atoms with Crippen LogP contribution in [0.4, 0.5) is 5.82 Å². The van der Waals surface area contributed by atoms with E-state index < -0.39 is 0 Å². The van der Waals surface area contributed by atoms with Crippen LogP contribution in [0.25, 0.3) is 10.2 Å². The highest BCUT2D eigenvalue weighted by atomic mass is 32.1. The zero-order chi connectivity index (χ0) is 20.1. The van der Waals surface area contributed by atoms with Gasteiger partial charge < -0.3 is 10.2 Å². The van der Waals surface area contributed by atoms with E-state index in [9.17, 15) is 4.79 Å². The standard InChI is InChI=1S/C23H28N4OS/c1-2-19-14-20-21(25-16-26-23(20)29-19)27-13-7-11-18(15-27)22(28)24-12-6-10-17-8-4-3-5-9-17/h3-5,8-9,14,16,18H,2,6-7,10-13,15H2,1H3,(H,24,28). The predicted octanol–water partition coefficient (Wildman–Crippen LogP) is 4.22.